The van der Waals surface area contributed by atoms with Gasteiger partial charge in [0.25, 0.3) is 5.91 Å². The van der Waals surface area contributed by atoms with Gasteiger partial charge >= 0.3 is 0 Å². The van der Waals surface area contributed by atoms with E-state index in [1.165, 1.54) is 12.8 Å². The third kappa shape index (κ3) is 2.34. The van der Waals surface area contributed by atoms with E-state index in [-0.39, 0.29) is 0 Å². The SMILES string of the molecule is NC(=O)C#Cc1ccccc1N1CCCC1. The number of para-hydroxylation sites is 1. The molecule has 0 aromatic heterocycles. The number of carbonyl (C=O) groups is 1. The van der Waals surface area contributed by atoms with E-state index in [2.05, 4.69) is 16.7 Å². The zero-order valence-electron chi connectivity index (χ0n) is 9.07. The van der Waals surface area contributed by atoms with Gasteiger partial charge in [-0.25, -0.2) is 0 Å². The Morgan fingerprint density at radius 2 is 1.94 bits per heavy atom. The normalized spacial score (nSPS) is 14.4. The van der Waals surface area contributed by atoms with Gasteiger partial charge in [0.1, 0.15) is 0 Å². The molecule has 0 spiro atoms. The summed E-state index contributed by atoms with van der Waals surface area (Å²) in [6.45, 7) is 2.13. The third-order valence-electron chi connectivity index (χ3n) is 2.67. The first kappa shape index (κ1) is 10.6. The Bertz CT molecular complexity index is 450. The predicted molar refractivity (Wildman–Crippen MR) is 64.0 cm³/mol. The molecule has 0 unspecified atom stereocenters. The van der Waals surface area contributed by atoms with Crippen molar-refractivity contribution in [3.8, 4) is 11.8 Å². The summed E-state index contributed by atoms with van der Waals surface area (Å²) >= 11 is 0. The average molecular weight is 214 g/mol. The molecule has 0 atom stereocenters. The van der Waals surface area contributed by atoms with Gasteiger partial charge in [0.15, 0.2) is 0 Å². The Morgan fingerprint density at radius 3 is 2.62 bits per heavy atom. The van der Waals surface area contributed by atoms with Crippen LogP contribution in [-0.4, -0.2) is 19.0 Å². The smallest absolute Gasteiger partial charge is 0.293 e. The lowest BCUT2D eigenvalue weighted by molar-refractivity contribution is -0.112. The monoisotopic (exact) mass is 214 g/mol. The summed E-state index contributed by atoms with van der Waals surface area (Å²) in [6.07, 6.45) is 2.44. The fraction of sp³-hybridized carbons (Fsp3) is 0.308. The van der Waals surface area contributed by atoms with E-state index in [1.807, 2.05) is 24.3 Å². The van der Waals surface area contributed by atoms with Gasteiger partial charge in [-0.15, -0.1) is 0 Å². The van der Waals surface area contributed by atoms with Gasteiger partial charge in [-0.3, -0.25) is 4.79 Å². The van der Waals surface area contributed by atoms with Crippen molar-refractivity contribution in [3.63, 3.8) is 0 Å². The van der Waals surface area contributed by atoms with Crippen molar-refractivity contribution in [2.24, 2.45) is 5.73 Å². The molecule has 82 valence electrons. The number of nitrogens with two attached hydrogens (primary N) is 1. The second-order valence-corrected chi connectivity index (χ2v) is 3.83. The first-order valence-electron chi connectivity index (χ1n) is 5.43. The van der Waals surface area contributed by atoms with Crippen molar-refractivity contribution >= 4 is 11.6 Å². The van der Waals surface area contributed by atoms with E-state index in [9.17, 15) is 4.79 Å². The maximum Gasteiger partial charge on any atom is 0.293 e. The number of nitrogens with zero attached hydrogens (tertiary/aromatic N) is 1. The Hall–Kier alpha value is -1.95. The topological polar surface area (TPSA) is 46.3 Å². The molecule has 1 amide bonds. The van der Waals surface area contributed by atoms with Crippen molar-refractivity contribution in [2.75, 3.05) is 18.0 Å². The molecule has 16 heavy (non-hydrogen) atoms. The minimum Gasteiger partial charge on any atom is -0.371 e. The van der Waals surface area contributed by atoms with Crippen molar-refractivity contribution in [3.05, 3.63) is 29.8 Å². The largest absolute Gasteiger partial charge is 0.371 e. The van der Waals surface area contributed by atoms with Crippen LogP contribution in [0.15, 0.2) is 24.3 Å². The first-order valence-corrected chi connectivity index (χ1v) is 5.43. The summed E-state index contributed by atoms with van der Waals surface area (Å²) in [5.74, 6) is 4.62. The summed E-state index contributed by atoms with van der Waals surface area (Å²) in [5.41, 5.74) is 7.00. The van der Waals surface area contributed by atoms with Gasteiger partial charge in [-0.2, -0.15) is 0 Å². The molecule has 1 heterocycles. The fourth-order valence-electron chi connectivity index (χ4n) is 1.94. The molecule has 0 radical (unpaired) electrons. The molecular formula is C13H14N2O. The van der Waals surface area contributed by atoms with Crippen LogP contribution < -0.4 is 10.6 Å². The van der Waals surface area contributed by atoms with Crippen LogP contribution in [0.4, 0.5) is 5.69 Å². The number of rotatable bonds is 1. The quantitative estimate of drug-likeness (QED) is 0.712. The molecule has 1 aliphatic rings. The molecule has 2 rings (SSSR count). The lowest BCUT2D eigenvalue weighted by Gasteiger charge is -2.18. The van der Waals surface area contributed by atoms with E-state index in [0.29, 0.717) is 0 Å². The fourth-order valence-corrected chi connectivity index (χ4v) is 1.94. The number of primary amides is 1. The zero-order chi connectivity index (χ0) is 11.4. The van der Waals surface area contributed by atoms with Crippen LogP contribution in [0.2, 0.25) is 0 Å². The molecule has 1 aromatic rings. The minimum absolute atomic E-state index is 0.587. The molecule has 0 bridgehead atoms. The first-order chi connectivity index (χ1) is 7.77. The van der Waals surface area contributed by atoms with Crippen LogP contribution in [0.1, 0.15) is 18.4 Å². The molecule has 1 fully saturated rings. The van der Waals surface area contributed by atoms with Crippen molar-refractivity contribution in [1.29, 1.82) is 0 Å². The van der Waals surface area contributed by atoms with Crippen LogP contribution in [0.5, 0.6) is 0 Å². The van der Waals surface area contributed by atoms with Crippen molar-refractivity contribution < 1.29 is 4.79 Å². The minimum atomic E-state index is -0.587. The highest BCUT2D eigenvalue weighted by atomic mass is 16.1. The van der Waals surface area contributed by atoms with Crippen LogP contribution in [-0.2, 0) is 4.79 Å². The molecule has 3 heteroatoms. The number of amides is 1. The van der Waals surface area contributed by atoms with Gasteiger partial charge in [0, 0.05) is 24.6 Å². The molecule has 1 saturated heterocycles. The van der Waals surface area contributed by atoms with E-state index in [0.717, 1.165) is 24.3 Å². The van der Waals surface area contributed by atoms with Crippen LogP contribution >= 0.6 is 0 Å². The highest BCUT2D eigenvalue weighted by Crippen LogP contribution is 2.23. The van der Waals surface area contributed by atoms with Gasteiger partial charge < -0.3 is 10.6 Å². The second-order valence-electron chi connectivity index (χ2n) is 3.83. The van der Waals surface area contributed by atoms with E-state index >= 15 is 0 Å². The third-order valence-corrected chi connectivity index (χ3v) is 2.67. The number of anilines is 1. The Balaban J connectivity index is 2.31. The summed E-state index contributed by atoms with van der Waals surface area (Å²) in [7, 11) is 0. The van der Waals surface area contributed by atoms with Gasteiger partial charge in [-0.1, -0.05) is 18.1 Å². The number of hydrogen-bond acceptors (Lipinski definition) is 2. The number of benzene rings is 1. The molecule has 1 aliphatic heterocycles. The maximum atomic E-state index is 10.6. The lowest BCUT2D eigenvalue weighted by Crippen LogP contribution is -2.18. The highest BCUT2D eigenvalue weighted by molar-refractivity contribution is 5.92. The maximum absolute atomic E-state index is 10.6. The highest BCUT2D eigenvalue weighted by Gasteiger charge is 2.14. The summed E-state index contributed by atoms with van der Waals surface area (Å²) in [6, 6.07) is 7.87. The summed E-state index contributed by atoms with van der Waals surface area (Å²) in [5, 5.41) is 0. The average Bonchev–Trinajstić information content (AvgIpc) is 2.80. The van der Waals surface area contributed by atoms with Gasteiger partial charge in [0.2, 0.25) is 0 Å². The second kappa shape index (κ2) is 4.71. The van der Waals surface area contributed by atoms with Crippen molar-refractivity contribution in [2.45, 2.75) is 12.8 Å². The number of carbonyl (C=O) groups excluding carboxylic acids is 1. The molecule has 3 nitrogen and oxygen atoms in total. The molecule has 0 aliphatic carbocycles. The zero-order valence-corrected chi connectivity index (χ0v) is 9.07. The standard InChI is InChI=1S/C13H14N2O/c14-13(16)8-7-11-5-1-2-6-12(11)15-9-3-4-10-15/h1-2,5-6H,3-4,9-10H2,(H2,14,16). The lowest BCUT2D eigenvalue weighted by atomic mass is 10.1. The Kier molecular flexibility index (Phi) is 3.11. The molecular weight excluding hydrogens is 200 g/mol. The van der Waals surface area contributed by atoms with E-state index in [4.69, 9.17) is 5.73 Å². The van der Waals surface area contributed by atoms with Crippen LogP contribution in [0, 0.1) is 11.8 Å². The van der Waals surface area contributed by atoms with Gasteiger partial charge in [0.05, 0.1) is 5.69 Å². The van der Waals surface area contributed by atoms with Crippen molar-refractivity contribution in [1.82, 2.24) is 0 Å². The molecule has 1 aromatic carbocycles. The van der Waals surface area contributed by atoms with Crippen LogP contribution in [0.3, 0.4) is 0 Å². The summed E-state index contributed by atoms with van der Waals surface area (Å²) < 4.78 is 0. The number of hydrogen-bond donors (Lipinski definition) is 1. The van der Waals surface area contributed by atoms with Gasteiger partial charge in [-0.05, 0) is 25.0 Å². The Labute approximate surface area is 95.2 Å². The molecule has 2 N–H and O–H groups in total. The predicted octanol–water partition coefficient (Wildman–Crippen LogP) is 1.12. The van der Waals surface area contributed by atoms with E-state index < -0.39 is 5.91 Å². The van der Waals surface area contributed by atoms with Crippen LogP contribution in [0.25, 0.3) is 0 Å². The molecule has 0 saturated carbocycles. The summed E-state index contributed by atoms with van der Waals surface area (Å²) in [4.78, 5) is 12.9. The Morgan fingerprint density at radius 1 is 1.25 bits per heavy atom. The van der Waals surface area contributed by atoms with E-state index in [1.54, 1.807) is 0 Å².